The molecule has 10 rings (SSSR count). The van der Waals surface area contributed by atoms with Crippen LogP contribution in [0, 0.1) is 58.2 Å². The smallest absolute Gasteiger partial charge is 0.131 e. The van der Waals surface area contributed by atoms with Crippen molar-refractivity contribution in [2.45, 2.75) is 114 Å². The lowest BCUT2D eigenvalue weighted by atomic mass is 9.53. The molecule has 4 saturated carbocycles. The van der Waals surface area contributed by atoms with Gasteiger partial charge in [0.1, 0.15) is 47.4 Å². The lowest BCUT2D eigenvalue weighted by Crippen LogP contribution is -2.50. The van der Waals surface area contributed by atoms with Gasteiger partial charge in [-0.2, -0.15) is 0 Å². The van der Waals surface area contributed by atoms with Gasteiger partial charge in [-0.1, -0.05) is 49.7 Å². The molecule has 4 aromatic carbocycles. The fraction of sp³-hybridized carbons (Fsp3) is 0.562. The molecule has 11 nitrogen and oxygen atoms in total. The molecule has 6 aliphatic rings. The molecule has 0 spiro atoms. The lowest BCUT2D eigenvalue weighted by Gasteiger charge is -2.52. The van der Waals surface area contributed by atoms with Gasteiger partial charge in [-0.25, -0.2) is 0 Å². The van der Waals surface area contributed by atoms with Crippen LogP contribution in [0.25, 0.3) is 0 Å². The first kappa shape index (κ1) is 53.3. The van der Waals surface area contributed by atoms with Crippen molar-refractivity contribution in [2.75, 3.05) is 79.3 Å². The molecular formula is C64H78O11. The van der Waals surface area contributed by atoms with E-state index >= 15 is 0 Å². The Bertz CT molecular complexity index is 2500. The maximum Gasteiger partial charge on any atom is 0.131 e. The van der Waals surface area contributed by atoms with Crippen LogP contribution in [0.15, 0.2) is 84.9 Å². The molecule has 75 heavy (non-hydrogen) atoms. The molecule has 0 radical (unpaired) electrons. The predicted molar refractivity (Wildman–Crippen MR) is 287 cm³/mol. The van der Waals surface area contributed by atoms with Crippen LogP contribution >= 0.6 is 0 Å². The predicted octanol–water partition coefficient (Wildman–Crippen LogP) is 9.92. The van der Waals surface area contributed by atoms with Crippen LogP contribution in [-0.4, -0.2) is 111 Å². The van der Waals surface area contributed by atoms with Gasteiger partial charge >= 0.3 is 0 Å². The SMILES string of the molecule is C[C@]12CC[C@@H]3c4ccc(O)cc4CC[C@H]3[C@@H]1CC[C@@]2(O)C#Cc1ccc(OCCOCCOCCOCCOCCOCCOc2ccc(C#C[C@]3(O)CC[C@H]4[C@@H]5CCc6cc(O)ccc6[C@H]5CC[C@@]43C)cc2)cc1. The van der Waals surface area contributed by atoms with E-state index in [1.807, 2.05) is 72.8 Å². The second kappa shape index (κ2) is 23.7. The highest BCUT2D eigenvalue weighted by atomic mass is 16.6. The molecule has 10 atom stereocenters. The van der Waals surface area contributed by atoms with Gasteiger partial charge in [0.05, 0.1) is 66.1 Å². The summed E-state index contributed by atoms with van der Waals surface area (Å²) >= 11 is 0. The minimum atomic E-state index is -1.01. The molecule has 4 fully saturated rings. The van der Waals surface area contributed by atoms with Crippen LogP contribution in [-0.2, 0) is 36.5 Å². The van der Waals surface area contributed by atoms with E-state index in [0.717, 1.165) is 86.8 Å². The first-order valence-electron chi connectivity index (χ1n) is 27.9. The molecule has 6 aliphatic carbocycles. The van der Waals surface area contributed by atoms with E-state index in [2.05, 4.69) is 49.7 Å². The number of ether oxygens (including phenoxy) is 7. The normalized spacial score (nSPS) is 30.0. The average molecular weight is 1020 g/mol. The minimum absolute atomic E-state index is 0.231. The summed E-state index contributed by atoms with van der Waals surface area (Å²) in [5.41, 5.74) is 4.63. The van der Waals surface area contributed by atoms with Crippen LogP contribution < -0.4 is 9.47 Å². The Labute approximate surface area is 444 Å². The largest absolute Gasteiger partial charge is 0.508 e. The third-order valence-corrected chi connectivity index (χ3v) is 18.7. The Hall–Kier alpha value is -5.08. The van der Waals surface area contributed by atoms with E-state index < -0.39 is 11.2 Å². The maximum atomic E-state index is 12.0. The summed E-state index contributed by atoms with van der Waals surface area (Å²) in [5, 5.41) is 44.1. The number of rotatable bonds is 20. The fourth-order valence-electron chi connectivity index (χ4n) is 14.6. The second-order valence-corrected chi connectivity index (χ2v) is 22.6. The summed E-state index contributed by atoms with van der Waals surface area (Å²) in [4.78, 5) is 0. The summed E-state index contributed by atoms with van der Waals surface area (Å²) in [6.07, 6.45) is 11.6. The van der Waals surface area contributed by atoms with Crippen LogP contribution in [0.1, 0.15) is 123 Å². The zero-order valence-corrected chi connectivity index (χ0v) is 44.2. The number of hydrogen-bond acceptors (Lipinski definition) is 11. The van der Waals surface area contributed by atoms with Crippen LogP contribution in [0.5, 0.6) is 23.0 Å². The molecule has 400 valence electrons. The van der Waals surface area contributed by atoms with Crippen molar-refractivity contribution in [3.05, 3.63) is 118 Å². The fourth-order valence-corrected chi connectivity index (χ4v) is 14.6. The van der Waals surface area contributed by atoms with E-state index in [1.54, 1.807) is 0 Å². The summed E-state index contributed by atoms with van der Waals surface area (Å²) in [5.74, 6) is 18.5. The minimum Gasteiger partial charge on any atom is -0.508 e. The number of fused-ring (bicyclic) bond motifs is 10. The van der Waals surface area contributed by atoms with Crippen LogP contribution in [0.3, 0.4) is 0 Å². The molecule has 0 heterocycles. The second-order valence-electron chi connectivity index (χ2n) is 22.6. The number of hydrogen-bond donors (Lipinski definition) is 4. The molecule has 0 bridgehead atoms. The van der Waals surface area contributed by atoms with Gasteiger partial charge in [-0.15, -0.1) is 0 Å². The van der Waals surface area contributed by atoms with Gasteiger partial charge < -0.3 is 53.6 Å². The van der Waals surface area contributed by atoms with Gasteiger partial charge in [0.25, 0.3) is 0 Å². The molecule has 0 amide bonds. The first-order valence-corrected chi connectivity index (χ1v) is 27.9. The van der Waals surface area contributed by atoms with Crippen molar-refractivity contribution >= 4 is 0 Å². The summed E-state index contributed by atoms with van der Waals surface area (Å²) in [7, 11) is 0. The van der Waals surface area contributed by atoms with Crippen molar-refractivity contribution in [3.63, 3.8) is 0 Å². The molecular weight excluding hydrogens is 945 g/mol. The third-order valence-electron chi connectivity index (χ3n) is 18.7. The third kappa shape index (κ3) is 11.6. The van der Waals surface area contributed by atoms with Crippen molar-refractivity contribution in [3.8, 4) is 46.7 Å². The average Bonchev–Trinajstić information content (AvgIpc) is 3.89. The van der Waals surface area contributed by atoms with Gasteiger partial charge in [0.15, 0.2) is 0 Å². The zero-order valence-electron chi connectivity index (χ0n) is 44.2. The van der Waals surface area contributed by atoms with Crippen LogP contribution in [0.2, 0.25) is 0 Å². The van der Waals surface area contributed by atoms with E-state index in [-0.39, 0.29) is 10.8 Å². The maximum absolute atomic E-state index is 12.0. The summed E-state index contributed by atoms with van der Waals surface area (Å²) in [6, 6.07) is 27.3. The highest BCUT2D eigenvalue weighted by molar-refractivity contribution is 5.45. The number of aliphatic hydroxyl groups is 2. The Morgan fingerprint density at radius 3 is 1.17 bits per heavy atom. The van der Waals surface area contributed by atoms with Crippen molar-refractivity contribution in [2.24, 2.45) is 34.5 Å². The molecule has 0 aliphatic heterocycles. The standard InChI is InChI=1S/C64H78O11/c1-61-25-21-55-53-17-9-49(65)43-47(53)7-15-57(55)59(61)23-29-63(61,67)27-19-45-3-11-51(12-4-45)74-41-39-72-37-35-70-33-31-69-32-34-71-36-38-73-40-42-75-52-13-5-46(6-14-52)20-28-64(68)30-24-60-58-16-8-48-44-50(66)10-18-54(48)56(58)22-26-62(60,64)2/h3-6,9-14,17-18,43-44,55-60,65-68H,7-8,15-16,21-26,29-42H2,1-2H3/t55-,56-,57-,58-,59+,60+,61+,62+,63+,64+/m1/s1. The zero-order chi connectivity index (χ0) is 51.9. The molecule has 4 N–H and O–H groups in total. The lowest BCUT2D eigenvalue weighted by molar-refractivity contribution is -0.0648. The molecule has 0 aromatic heterocycles. The van der Waals surface area contributed by atoms with E-state index in [9.17, 15) is 20.4 Å². The molecule has 11 heteroatoms. The Balaban J connectivity index is 0.520. The quantitative estimate of drug-likeness (QED) is 0.0496. The number of aromatic hydroxyl groups is 2. The highest BCUT2D eigenvalue weighted by Gasteiger charge is 2.62. The van der Waals surface area contributed by atoms with Crippen molar-refractivity contribution in [1.29, 1.82) is 0 Å². The number of phenolic OH excluding ortho intramolecular Hbond substituents is 2. The Kier molecular flexibility index (Phi) is 16.8. The van der Waals surface area contributed by atoms with E-state index in [1.165, 1.54) is 22.3 Å². The Morgan fingerprint density at radius 2 is 0.800 bits per heavy atom. The first-order chi connectivity index (χ1) is 36.5. The van der Waals surface area contributed by atoms with Gasteiger partial charge in [-0.05, 0) is 208 Å². The Morgan fingerprint density at radius 1 is 0.440 bits per heavy atom. The number of benzene rings is 4. The topological polar surface area (TPSA) is 146 Å². The molecule has 0 unspecified atom stereocenters. The van der Waals surface area contributed by atoms with Gasteiger partial charge in [0, 0.05) is 22.0 Å². The van der Waals surface area contributed by atoms with Crippen molar-refractivity contribution in [1.82, 2.24) is 0 Å². The van der Waals surface area contributed by atoms with Gasteiger partial charge in [-0.3, -0.25) is 0 Å². The van der Waals surface area contributed by atoms with Gasteiger partial charge in [0.2, 0.25) is 0 Å². The summed E-state index contributed by atoms with van der Waals surface area (Å²) < 4.78 is 40.0. The van der Waals surface area contributed by atoms with Crippen LogP contribution in [0.4, 0.5) is 0 Å². The monoisotopic (exact) mass is 1020 g/mol. The van der Waals surface area contributed by atoms with E-state index in [4.69, 9.17) is 33.2 Å². The number of phenols is 2. The van der Waals surface area contributed by atoms with Crippen molar-refractivity contribution < 1.29 is 53.6 Å². The number of aryl methyl sites for hydroxylation is 2. The molecule has 4 aromatic rings. The highest BCUT2D eigenvalue weighted by Crippen LogP contribution is 2.65. The molecule has 0 saturated heterocycles. The summed E-state index contributed by atoms with van der Waals surface area (Å²) in [6.45, 7) is 10.1. The van der Waals surface area contributed by atoms with E-state index in [0.29, 0.717) is 139 Å².